The molecule has 98 valence electrons. The zero-order valence-electron chi connectivity index (χ0n) is 9.95. The number of nitrogens with zero attached hydrogens (tertiary/aromatic N) is 3. The molecule has 1 saturated heterocycles. The third kappa shape index (κ3) is 2.86. The van der Waals surface area contributed by atoms with E-state index in [1.165, 1.54) is 4.90 Å². The summed E-state index contributed by atoms with van der Waals surface area (Å²) < 4.78 is 1.66. The van der Waals surface area contributed by atoms with E-state index >= 15 is 0 Å². The Morgan fingerprint density at radius 2 is 2.33 bits per heavy atom. The number of amides is 1. The molecule has 1 aromatic rings. The average molecular weight is 252 g/mol. The van der Waals surface area contributed by atoms with Crippen molar-refractivity contribution in [3.63, 3.8) is 0 Å². The third-order valence-electron chi connectivity index (χ3n) is 2.96. The maximum absolute atomic E-state index is 12.0. The van der Waals surface area contributed by atoms with Gasteiger partial charge in [0, 0.05) is 45.0 Å². The molecule has 2 N–H and O–H groups in total. The monoisotopic (exact) mass is 252 g/mol. The van der Waals surface area contributed by atoms with Crippen LogP contribution in [-0.4, -0.2) is 57.3 Å². The lowest BCUT2D eigenvalue weighted by Crippen LogP contribution is -2.57. The van der Waals surface area contributed by atoms with Gasteiger partial charge in [0.05, 0.1) is 0 Å². The van der Waals surface area contributed by atoms with Crippen LogP contribution in [-0.2, 0) is 16.1 Å². The number of carbonyl (C=O) groups excluding carboxylic acids is 1. The minimum atomic E-state index is -0.963. The van der Waals surface area contributed by atoms with E-state index in [4.69, 9.17) is 5.11 Å². The predicted octanol–water partition coefficient (Wildman–Crippen LogP) is -0.842. The highest BCUT2D eigenvalue weighted by atomic mass is 16.4. The van der Waals surface area contributed by atoms with Crippen molar-refractivity contribution in [2.24, 2.45) is 0 Å². The van der Waals surface area contributed by atoms with Crippen molar-refractivity contribution in [3.8, 4) is 0 Å². The Kier molecular flexibility index (Phi) is 3.93. The molecule has 0 saturated carbocycles. The first-order valence-corrected chi connectivity index (χ1v) is 5.89. The Morgan fingerprint density at radius 3 is 3.00 bits per heavy atom. The second kappa shape index (κ2) is 5.63. The molecule has 1 aliphatic heterocycles. The van der Waals surface area contributed by atoms with Gasteiger partial charge in [0.15, 0.2) is 0 Å². The Hall–Kier alpha value is -1.89. The number of aliphatic carboxylic acids is 1. The summed E-state index contributed by atoms with van der Waals surface area (Å²) in [5.41, 5.74) is 0. The number of carboxylic acid groups (broad SMARTS) is 1. The van der Waals surface area contributed by atoms with Gasteiger partial charge in [-0.2, -0.15) is 5.10 Å². The summed E-state index contributed by atoms with van der Waals surface area (Å²) in [7, 11) is 0. The number of aromatic nitrogens is 2. The number of aryl methyl sites for hydroxylation is 1. The molecular weight excluding hydrogens is 236 g/mol. The highest BCUT2D eigenvalue weighted by Gasteiger charge is 2.31. The molecule has 0 radical (unpaired) electrons. The van der Waals surface area contributed by atoms with Crippen LogP contribution in [0.4, 0.5) is 0 Å². The number of hydrogen-bond acceptors (Lipinski definition) is 4. The second-order valence-corrected chi connectivity index (χ2v) is 4.16. The van der Waals surface area contributed by atoms with Crippen LogP contribution in [0.5, 0.6) is 0 Å². The van der Waals surface area contributed by atoms with E-state index < -0.39 is 12.0 Å². The summed E-state index contributed by atoms with van der Waals surface area (Å²) in [5, 5.41) is 16.0. The fourth-order valence-electron chi connectivity index (χ4n) is 2.01. The summed E-state index contributed by atoms with van der Waals surface area (Å²) >= 11 is 0. The summed E-state index contributed by atoms with van der Waals surface area (Å²) in [6.07, 6.45) is 3.69. The molecule has 0 aliphatic carbocycles. The van der Waals surface area contributed by atoms with Crippen molar-refractivity contribution < 1.29 is 14.7 Å². The fourth-order valence-corrected chi connectivity index (χ4v) is 2.01. The average Bonchev–Trinajstić information content (AvgIpc) is 2.89. The van der Waals surface area contributed by atoms with Gasteiger partial charge in [0.2, 0.25) is 5.91 Å². The maximum Gasteiger partial charge on any atom is 0.327 e. The smallest absolute Gasteiger partial charge is 0.327 e. The van der Waals surface area contributed by atoms with Gasteiger partial charge in [-0.3, -0.25) is 9.48 Å². The van der Waals surface area contributed by atoms with Crippen LogP contribution in [0.25, 0.3) is 0 Å². The predicted molar refractivity (Wildman–Crippen MR) is 62.9 cm³/mol. The lowest BCUT2D eigenvalue weighted by molar-refractivity contribution is -0.151. The normalized spacial score (nSPS) is 19.8. The van der Waals surface area contributed by atoms with Gasteiger partial charge in [0.1, 0.15) is 6.04 Å². The maximum atomic E-state index is 12.0. The van der Waals surface area contributed by atoms with Crippen LogP contribution < -0.4 is 5.32 Å². The molecule has 1 unspecified atom stereocenters. The largest absolute Gasteiger partial charge is 0.480 e. The van der Waals surface area contributed by atoms with E-state index in [0.29, 0.717) is 26.2 Å². The summed E-state index contributed by atoms with van der Waals surface area (Å²) in [5.74, 6) is -1.10. The topological polar surface area (TPSA) is 87.5 Å². The molecule has 0 bridgehead atoms. The van der Waals surface area contributed by atoms with Crippen molar-refractivity contribution >= 4 is 11.9 Å². The number of piperazine rings is 1. The lowest BCUT2D eigenvalue weighted by atomic mass is 10.1. The molecule has 1 aliphatic rings. The molecule has 1 aromatic heterocycles. The first kappa shape index (κ1) is 12.6. The van der Waals surface area contributed by atoms with Crippen LogP contribution in [0.2, 0.25) is 0 Å². The van der Waals surface area contributed by atoms with Crippen molar-refractivity contribution in [3.05, 3.63) is 18.5 Å². The highest BCUT2D eigenvalue weighted by molar-refractivity contribution is 5.84. The molecule has 18 heavy (non-hydrogen) atoms. The summed E-state index contributed by atoms with van der Waals surface area (Å²) in [6, 6.07) is 1.03. The van der Waals surface area contributed by atoms with Gasteiger partial charge in [-0.1, -0.05) is 0 Å². The van der Waals surface area contributed by atoms with Crippen LogP contribution in [0.1, 0.15) is 6.42 Å². The van der Waals surface area contributed by atoms with Gasteiger partial charge in [-0.15, -0.1) is 0 Å². The van der Waals surface area contributed by atoms with Gasteiger partial charge in [0.25, 0.3) is 0 Å². The van der Waals surface area contributed by atoms with Gasteiger partial charge >= 0.3 is 5.97 Å². The van der Waals surface area contributed by atoms with Gasteiger partial charge in [-0.05, 0) is 6.07 Å². The quantitative estimate of drug-likeness (QED) is 0.729. The molecule has 2 rings (SSSR count). The van der Waals surface area contributed by atoms with Gasteiger partial charge in [-0.25, -0.2) is 4.79 Å². The Labute approximate surface area is 104 Å². The second-order valence-electron chi connectivity index (χ2n) is 4.16. The highest BCUT2D eigenvalue weighted by Crippen LogP contribution is 2.07. The minimum absolute atomic E-state index is 0.139. The number of hydrogen-bond donors (Lipinski definition) is 2. The van der Waals surface area contributed by atoms with Crippen LogP contribution in [0, 0.1) is 0 Å². The van der Waals surface area contributed by atoms with E-state index in [1.807, 2.05) is 0 Å². The van der Waals surface area contributed by atoms with Crippen LogP contribution in [0.15, 0.2) is 18.5 Å². The zero-order valence-corrected chi connectivity index (χ0v) is 9.95. The van der Waals surface area contributed by atoms with Crippen LogP contribution >= 0.6 is 0 Å². The zero-order chi connectivity index (χ0) is 13.0. The van der Waals surface area contributed by atoms with Crippen molar-refractivity contribution in [1.82, 2.24) is 20.0 Å². The lowest BCUT2D eigenvalue weighted by Gasteiger charge is -2.33. The van der Waals surface area contributed by atoms with E-state index in [2.05, 4.69) is 10.4 Å². The van der Waals surface area contributed by atoms with Crippen molar-refractivity contribution in [1.29, 1.82) is 0 Å². The van der Waals surface area contributed by atoms with E-state index in [-0.39, 0.29) is 12.3 Å². The fraction of sp³-hybridized carbons (Fsp3) is 0.545. The molecule has 1 fully saturated rings. The standard InChI is InChI=1S/C11H16N4O3/c16-10(2-6-14-5-1-3-13-14)15-7-4-12-8-9(15)11(17)18/h1,3,5,9,12H,2,4,6-8H2,(H,17,18). The molecule has 7 nitrogen and oxygen atoms in total. The van der Waals surface area contributed by atoms with E-state index in [9.17, 15) is 9.59 Å². The van der Waals surface area contributed by atoms with E-state index in [1.54, 1.807) is 23.1 Å². The van der Waals surface area contributed by atoms with Crippen molar-refractivity contribution in [2.45, 2.75) is 19.0 Å². The molecule has 1 amide bonds. The SMILES string of the molecule is O=C(O)C1CNCCN1C(=O)CCn1cccn1. The van der Waals surface area contributed by atoms with Crippen molar-refractivity contribution in [2.75, 3.05) is 19.6 Å². The Balaban J connectivity index is 1.92. The number of rotatable bonds is 4. The molecule has 1 atom stereocenters. The first-order chi connectivity index (χ1) is 8.68. The number of carbonyl (C=O) groups is 2. The molecule has 2 heterocycles. The summed E-state index contributed by atoms with van der Waals surface area (Å²) in [6.45, 7) is 1.86. The van der Waals surface area contributed by atoms with E-state index in [0.717, 1.165) is 0 Å². The molecule has 0 aromatic carbocycles. The van der Waals surface area contributed by atoms with Crippen LogP contribution in [0.3, 0.4) is 0 Å². The Bertz CT molecular complexity index is 418. The number of carboxylic acids is 1. The third-order valence-corrected chi connectivity index (χ3v) is 2.96. The molecular formula is C11H16N4O3. The number of nitrogens with one attached hydrogen (secondary N) is 1. The summed E-state index contributed by atoms with van der Waals surface area (Å²) in [4.78, 5) is 24.5. The molecule has 0 spiro atoms. The molecule has 7 heteroatoms. The van der Waals surface area contributed by atoms with Gasteiger partial charge < -0.3 is 15.3 Å². The Morgan fingerprint density at radius 1 is 1.50 bits per heavy atom. The minimum Gasteiger partial charge on any atom is -0.480 e. The first-order valence-electron chi connectivity index (χ1n) is 5.89.